The summed E-state index contributed by atoms with van der Waals surface area (Å²) in [4.78, 5) is 34.4. The molecular formula is C26H31ClN4O4. The number of hydrogen-bond acceptors (Lipinski definition) is 6. The standard InChI is InChI=1S/C26H31ClN4O4/c27-20-16-18(13-14-23(32)31-35-24-12-6-7-15-34-24)17-28-25(20)29-21-10-4-5-11-22(21)30-26(33)19-8-2-1-3-9-19/h4-5,10-11,13-14,16-17,19,24H,1-3,6-9,12,15H2,(H,28,29)(H,30,33)(H,31,32)/b14-13+. The number of carbonyl (C=O) groups is 2. The SMILES string of the molecule is O=C(/C=C/c1cnc(Nc2ccccc2NC(=O)C2CCCCC2)c(Cl)c1)NOC1CCCCO1. The van der Waals surface area contributed by atoms with Crippen LogP contribution in [0.4, 0.5) is 17.2 Å². The third kappa shape index (κ3) is 7.52. The number of nitrogens with one attached hydrogen (secondary N) is 3. The van der Waals surface area contributed by atoms with Gasteiger partial charge >= 0.3 is 0 Å². The zero-order valence-corrected chi connectivity index (χ0v) is 20.4. The maximum Gasteiger partial charge on any atom is 0.267 e. The van der Waals surface area contributed by atoms with Crippen LogP contribution in [0.25, 0.3) is 6.08 Å². The van der Waals surface area contributed by atoms with Crippen LogP contribution in [0.2, 0.25) is 5.02 Å². The molecular weight excluding hydrogens is 468 g/mol. The van der Waals surface area contributed by atoms with E-state index < -0.39 is 12.2 Å². The Morgan fingerprint density at radius 1 is 1.06 bits per heavy atom. The summed E-state index contributed by atoms with van der Waals surface area (Å²) >= 11 is 6.45. The highest BCUT2D eigenvalue weighted by atomic mass is 35.5. The second kappa shape index (κ2) is 12.7. The number of para-hydroxylation sites is 2. The summed E-state index contributed by atoms with van der Waals surface area (Å²) in [6.45, 7) is 0.637. The number of halogens is 1. The van der Waals surface area contributed by atoms with Gasteiger partial charge in [0.1, 0.15) is 5.82 Å². The van der Waals surface area contributed by atoms with E-state index in [1.54, 1.807) is 18.3 Å². The van der Waals surface area contributed by atoms with Crippen LogP contribution in [-0.4, -0.2) is 29.7 Å². The Morgan fingerprint density at radius 3 is 2.57 bits per heavy atom. The quantitative estimate of drug-likeness (QED) is 0.324. The van der Waals surface area contributed by atoms with Crippen molar-refractivity contribution in [2.24, 2.45) is 5.92 Å². The third-order valence-corrected chi connectivity index (χ3v) is 6.42. The average molecular weight is 499 g/mol. The number of hydrogen-bond donors (Lipinski definition) is 3. The largest absolute Gasteiger partial charge is 0.350 e. The Balaban J connectivity index is 1.34. The summed E-state index contributed by atoms with van der Waals surface area (Å²) in [5.74, 6) is 0.156. The summed E-state index contributed by atoms with van der Waals surface area (Å²) < 4.78 is 5.41. The Hall–Kier alpha value is -2.94. The summed E-state index contributed by atoms with van der Waals surface area (Å²) in [7, 11) is 0. The minimum absolute atomic E-state index is 0.0517. The van der Waals surface area contributed by atoms with Gasteiger partial charge in [0.2, 0.25) is 5.91 Å². The lowest BCUT2D eigenvalue weighted by Crippen LogP contribution is -2.32. The van der Waals surface area contributed by atoms with Crippen LogP contribution in [0.5, 0.6) is 0 Å². The maximum atomic E-state index is 12.7. The molecule has 2 aromatic rings. The zero-order chi connectivity index (χ0) is 24.5. The molecule has 1 unspecified atom stereocenters. The van der Waals surface area contributed by atoms with E-state index in [2.05, 4.69) is 21.1 Å². The second-order valence-electron chi connectivity index (χ2n) is 8.81. The molecule has 2 fully saturated rings. The maximum absolute atomic E-state index is 12.7. The Labute approximate surface area is 210 Å². The highest BCUT2D eigenvalue weighted by molar-refractivity contribution is 6.33. The van der Waals surface area contributed by atoms with Crippen molar-refractivity contribution in [2.45, 2.75) is 57.7 Å². The van der Waals surface area contributed by atoms with E-state index >= 15 is 0 Å². The molecule has 4 rings (SSSR count). The minimum atomic E-state index is -0.405. The molecule has 1 aromatic carbocycles. The highest BCUT2D eigenvalue weighted by Crippen LogP contribution is 2.31. The van der Waals surface area contributed by atoms with Gasteiger partial charge in [0.05, 0.1) is 16.4 Å². The van der Waals surface area contributed by atoms with Crippen molar-refractivity contribution in [3.05, 3.63) is 53.2 Å². The first kappa shape index (κ1) is 25.2. The zero-order valence-electron chi connectivity index (χ0n) is 19.6. The molecule has 35 heavy (non-hydrogen) atoms. The van der Waals surface area contributed by atoms with Crippen LogP contribution in [0.3, 0.4) is 0 Å². The molecule has 2 heterocycles. The smallest absolute Gasteiger partial charge is 0.267 e. The molecule has 0 radical (unpaired) electrons. The number of ether oxygens (including phenoxy) is 1. The van der Waals surface area contributed by atoms with Gasteiger partial charge in [-0.25, -0.2) is 15.3 Å². The predicted octanol–water partition coefficient (Wildman–Crippen LogP) is 5.59. The van der Waals surface area contributed by atoms with Gasteiger partial charge < -0.3 is 15.4 Å². The van der Waals surface area contributed by atoms with Crippen molar-refractivity contribution in [1.29, 1.82) is 0 Å². The van der Waals surface area contributed by atoms with E-state index in [0.717, 1.165) is 44.9 Å². The number of amides is 2. The van der Waals surface area contributed by atoms with Crippen molar-refractivity contribution >= 4 is 46.7 Å². The Bertz CT molecular complexity index is 1050. The number of hydroxylamine groups is 1. The van der Waals surface area contributed by atoms with Crippen molar-refractivity contribution < 1.29 is 19.2 Å². The normalized spacial score (nSPS) is 18.8. The van der Waals surface area contributed by atoms with Crippen molar-refractivity contribution in [1.82, 2.24) is 10.5 Å². The van der Waals surface area contributed by atoms with Gasteiger partial charge in [0, 0.05) is 31.2 Å². The molecule has 1 aliphatic carbocycles. The van der Waals surface area contributed by atoms with Crippen LogP contribution >= 0.6 is 11.6 Å². The number of benzene rings is 1. The molecule has 1 atom stereocenters. The molecule has 3 N–H and O–H groups in total. The first-order chi connectivity index (χ1) is 17.1. The van der Waals surface area contributed by atoms with Crippen LogP contribution in [0, 0.1) is 5.92 Å². The molecule has 8 nitrogen and oxygen atoms in total. The second-order valence-corrected chi connectivity index (χ2v) is 9.21. The van der Waals surface area contributed by atoms with E-state index in [1.807, 2.05) is 24.3 Å². The number of rotatable bonds is 8. The number of pyridine rings is 1. The molecule has 186 valence electrons. The number of nitrogens with zero attached hydrogens (tertiary/aromatic N) is 1. The van der Waals surface area contributed by atoms with Gasteiger partial charge in [-0.3, -0.25) is 9.59 Å². The molecule has 2 amide bonds. The predicted molar refractivity (Wildman–Crippen MR) is 136 cm³/mol. The van der Waals surface area contributed by atoms with Crippen LogP contribution in [0.1, 0.15) is 56.9 Å². The Kier molecular flexibility index (Phi) is 9.11. The minimum Gasteiger partial charge on any atom is -0.350 e. The third-order valence-electron chi connectivity index (χ3n) is 6.13. The highest BCUT2D eigenvalue weighted by Gasteiger charge is 2.22. The van der Waals surface area contributed by atoms with E-state index in [-0.39, 0.29) is 11.8 Å². The molecule has 0 spiro atoms. The topological polar surface area (TPSA) is 102 Å². The number of carbonyl (C=O) groups excluding carboxylic acids is 2. The van der Waals surface area contributed by atoms with Crippen LogP contribution < -0.4 is 16.1 Å². The van der Waals surface area contributed by atoms with Crippen molar-refractivity contribution in [3.8, 4) is 0 Å². The summed E-state index contributed by atoms with van der Waals surface area (Å²) in [5.41, 5.74) is 4.42. The van der Waals surface area contributed by atoms with Gasteiger partial charge in [-0.1, -0.05) is 43.0 Å². The van der Waals surface area contributed by atoms with E-state index in [4.69, 9.17) is 21.2 Å². The summed E-state index contributed by atoms with van der Waals surface area (Å²) in [5, 5.41) is 6.64. The van der Waals surface area contributed by atoms with Crippen molar-refractivity contribution in [3.63, 3.8) is 0 Å². The molecule has 1 aromatic heterocycles. The van der Waals surface area contributed by atoms with Gasteiger partial charge in [0.25, 0.3) is 5.91 Å². The van der Waals surface area contributed by atoms with Gasteiger partial charge in [0.15, 0.2) is 6.29 Å². The van der Waals surface area contributed by atoms with Crippen LogP contribution in [-0.2, 0) is 19.2 Å². The van der Waals surface area contributed by atoms with E-state index in [0.29, 0.717) is 34.4 Å². The molecule has 9 heteroatoms. The fourth-order valence-corrected chi connectivity index (χ4v) is 4.42. The van der Waals surface area contributed by atoms with E-state index in [1.165, 1.54) is 12.5 Å². The number of anilines is 3. The van der Waals surface area contributed by atoms with Crippen molar-refractivity contribution in [2.75, 3.05) is 17.2 Å². The Morgan fingerprint density at radius 2 is 1.83 bits per heavy atom. The summed E-state index contributed by atoms with van der Waals surface area (Å²) in [6, 6.07) is 9.17. The lowest BCUT2D eigenvalue weighted by molar-refractivity contribution is -0.198. The lowest BCUT2D eigenvalue weighted by atomic mass is 9.88. The molecule has 2 aliphatic rings. The first-order valence-electron chi connectivity index (χ1n) is 12.2. The van der Waals surface area contributed by atoms with Crippen LogP contribution in [0.15, 0.2) is 42.6 Å². The molecule has 1 saturated carbocycles. The number of aromatic nitrogens is 1. The monoisotopic (exact) mass is 498 g/mol. The molecule has 1 saturated heterocycles. The molecule has 0 bridgehead atoms. The van der Waals surface area contributed by atoms with E-state index in [9.17, 15) is 9.59 Å². The fourth-order valence-electron chi connectivity index (χ4n) is 4.20. The van der Waals surface area contributed by atoms with Gasteiger partial charge in [-0.15, -0.1) is 0 Å². The molecule has 1 aliphatic heterocycles. The summed E-state index contributed by atoms with van der Waals surface area (Å²) in [6.07, 6.45) is 12.2. The fraction of sp³-hybridized carbons (Fsp3) is 0.423. The van der Waals surface area contributed by atoms with Gasteiger partial charge in [-0.2, -0.15) is 0 Å². The average Bonchev–Trinajstić information content (AvgIpc) is 2.89. The first-order valence-corrected chi connectivity index (χ1v) is 12.5. The lowest BCUT2D eigenvalue weighted by Gasteiger charge is -2.21. The van der Waals surface area contributed by atoms with Gasteiger partial charge in [-0.05, 0) is 55.5 Å².